The molecule has 0 aliphatic heterocycles. The second-order valence-corrected chi connectivity index (χ2v) is 5.07. The van der Waals surface area contributed by atoms with E-state index in [0.717, 1.165) is 27.1 Å². The summed E-state index contributed by atoms with van der Waals surface area (Å²) in [6, 6.07) is 0. The Morgan fingerprint density at radius 1 is 1.00 bits per heavy atom. The predicted octanol–water partition coefficient (Wildman–Crippen LogP) is -0.425. The molecule has 0 aliphatic rings. The van der Waals surface area contributed by atoms with Crippen LogP contribution in [0.5, 0.6) is 0 Å². The Labute approximate surface area is 102 Å². The summed E-state index contributed by atoms with van der Waals surface area (Å²) in [5.41, 5.74) is 0. The van der Waals surface area contributed by atoms with Crippen molar-refractivity contribution >= 4 is 39.1 Å². The van der Waals surface area contributed by atoms with Crippen LogP contribution < -0.4 is 12.4 Å². The predicted molar refractivity (Wildman–Crippen MR) is 51.9 cm³/mol. The van der Waals surface area contributed by atoms with Gasteiger partial charge in [0.05, 0.1) is 0 Å². The van der Waals surface area contributed by atoms with E-state index < -0.39 is 0 Å². The average Bonchev–Trinajstić information content (AvgIpc) is 1.63. The standard InChI is InChI=1S/2C4H9.Al.ClH.Sn.H/c2*1-4(2)3;;;;/h2*4H,1H2,2-3H3;;1H;;/q;;;;+2;-1/p-1. The first-order valence-electron chi connectivity index (χ1n) is 3.94. The zero-order valence-corrected chi connectivity index (χ0v) is 12.8. The van der Waals surface area contributed by atoms with E-state index in [0.29, 0.717) is 0 Å². The van der Waals surface area contributed by atoms with Crippen LogP contribution in [0.25, 0.3) is 0 Å². The smallest absolute Gasteiger partial charge is 1.00 e. The number of hydrogen-bond donors (Lipinski definition) is 0. The molecule has 3 heteroatoms. The largest absolute Gasteiger partial charge is 2.00 e. The van der Waals surface area contributed by atoms with Crippen molar-refractivity contribution in [1.82, 2.24) is 0 Å². The summed E-state index contributed by atoms with van der Waals surface area (Å²) in [7, 11) is 0. The van der Waals surface area contributed by atoms with Gasteiger partial charge in [-0.2, -0.15) is 0 Å². The van der Waals surface area contributed by atoms with E-state index in [1.54, 1.807) is 0 Å². The molecule has 0 aromatic heterocycles. The maximum Gasteiger partial charge on any atom is 2.00 e. The van der Waals surface area contributed by atoms with Crippen LogP contribution in [0.15, 0.2) is 0 Å². The summed E-state index contributed by atoms with van der Waals surface area (Å²) in [6.07, 6.45) is 0. The minimum atomic E-state index is 0. The molecular formula is C8H19AlClSn. The zero-order chi connectivity index (χ0) is 7.28. The fourth-order valence-corrected chi connectivity index (χ4v) is 2.29. The molecule has 3 radical (unpaired) electrons. The number of hydrogen-bond acceptors (Lipinski definition) is 0. The third-order valence-corrected chi connectivity index (χ3v) is 3.83. The molecule has 0 amide bonds. The SMILES string of the molecule is CC(C)[CH2][Al][CH2]C(C)C.[Cl-].[H-].[Sn+2]. The Morgan fingerprint density at radius 3 is 1.45 bits per heavy atom. The third-order valence-electron chi connectivity index (χ3n) is 1.28. The molecular weight excluding hydrogens is 277 g/mol. The maximum atomic E-state index is 2.31. The summed E-state index contributed by atoms with van der Waals surface area (Å²) < 4.78 is 0. The second-order valence-electron chi connectivity index (χ2n) is 3.55. The van der Waals surface area contributed by atoms with Crippen molar-refractivity contribution in [2.75, 3.05) is 0 Å². The van der Waals surface area contributed by atoms with Gasteiger partial charge in [0.15, 0.2) is 0 Å². The summed E-state index contributed by atoms with van der Waals surface area (Å²) >= 11 is 0.755. The molecule has 0 N–H and O–H groups in total. The Hall–Kier alpha value is 1.62. The molecule has 0 unspecified atom stereocenters. The molecule has 0 nitrogen and oxygen atoms in total. The van der Waals surface area contributed by atoms with Gasteiger partial charge in [-0.05, 0) is 0 Å². The van der Waals surface area contributed by atoms with Crippen molar-refractivity contribution < 1.29 is 13.8 Å². The molecule has 65 valence electrons. The van der Waals surface area contributed by atoms with Crippen LogP contribution in [0.2, 0.25) is 10.6 Å². The van der Waals surface area contributed by atoms with Crippen molar-refractivity contribution in [3.63, 3.8) is 0 Å². The van der Waals surface area contributed by atoms with Crippen LogP contribution in [0.3, 0.4) is 0 Å². The fourth-order valence-electron chi connectivity index (χ4n) is 0.763. The van der Waals surface area contributed by atoms with Crippen LogP contribution in [-0.2, 0) is 0 Å². The summed E-state index contributed by atoms with van der Waals surface area (Å²) in [5, 5.41) is 2.97. The molecule has 0 atom stereocenters. The van der Waals surface area contributed by atoms with Crippen LogP contribution in [0.1, 0.15) is 29.1 Å². The first kappa shape index (κ1) is 18.4. The van der Waals surface area contributed by atoms with Crippen LogP contribution in [-0.4, -0.2) is 39.1 Å². The molecule has 0 fully saturated rings. The topological polar surface area (TPSA) is 0 Å². The zero-order valence-electron chi connectivity index (χ0n) is 9.02. The van der Waals surface area contributed by atoms with Crippen molar-refractivity contribution in [2.24, 2.45) is 11.8 Å². The molecule has 0 aromatic rings. The van der Waals surface area contributed by atoms with Gasteiger partial charge in [0.2, 0.25) is 15.2 Å². The molecule has 0 saturated heterocycles. The number of rotatable bonds is 4. The Morgan fingerprint density at radius 2 is 1.27 bits per heavy atom. The van der Waals surface area contributed by atoms with Crippen molar-refractivity contribution in [2.45, 2.75) is 38.3 Å². The maximum absolute atomic E-state index is 2.31. The summed E-state index contributed by atoms with van der Waals surface area (Å²) in [5.74, 6) is 1.86. The van der Waals surface area contributed by atoms with E-state index >= 15 is 0 Å². The monoisotopic (exact) mass is 297 g/mol. The van der Waals surface area contributed by atoms with Crippen molar-refractivity contribution in [3.05, 3.63) is 0 Å². The molecule has 0 rings (SSSR count). The van der Waals surface area contributed by atoms with E-state index in [4.69, 9.17) is 0 Å². The van der Waals surface area contributed by atoms with Crippen molar-refractivity contribution in [1.29, 1.82) is 0 Å². The Bertz CT molecular complexity index is 64.1. The second kappa shape index (κ2) is 11.6. The van der Waals surface area contributed by atoms with Crippen molar-refractivity contribution in [3.8, 4) is 0 Å². The molecule has 0 aliphatic carbocycles. The first-order valence-corrected chi connectivity index (χ1v) is 5.58. The minimum absolute atomic E-state index is 0. The van der Waals surface area contributed by atoms with Gasteiger partial charge in [-0.1, -0.05) is 39.5 Å². The normalized spacial score (nSPS) is 8.91. The quantitative estimate of drug-likeness (QED) is 0.618. The van der Waals surface area contributed by atoms with Crippen LogP contribution in [0, 0.1) is 11.8 Å². The van der Waals surface area contributed by atoms with E-state index in [-0.39, 0.29) is 37.7 Å². The van der Waals surface area contributed by atoms with Gasteiger partial charge in [0.25, 0.3) is 0 Å². The van der Waals surface area contributed by atoms with E-state index in [9.17, 15) is 0 Å². The first-order chi connectivity index (χ1) is 4.13. The average molecular weight is 296 g/mol. The fraction of sp³-hybridized carbons (Fsp3) is 1.00. The molecule has 0 aromatic carbocycles. The summed E-state index contributed by atoms with van der Waals surface area (Å²) in [4.78, 5) is 0. The van der Waals surface area contributed by atoms with Crippen LogP contribution >= 0.6 is 0 Å². The van der Waals surface area contributed by atoms with Gasteiger partial charge in [-0.15, -0.1) is 10.6 Å². The molecule has 0 saturated carbocycles. The van der Waals surface area contributed by atoms with Gasteiger partial charge in [0.1, 0.15) is 0 Å². The molecule has 0 heterocycles. The van der Waals surface area contributed by atoms with E-state index in [1.807, 2.05) is 0 Å². The minimum Gasteiger partial charge on any atom is -1.00 e. The summed E-state index contributed by atoms with van der Waals surface area (Å²) in [6.45, 7) is 9.25. The van der Waals surface area contributed by atoms with Gasteiger partial charge >= 0.3 is 23.9 Å². The van der Waals surface area contributed by atoms with E-state index in [2.05, 4.69) is 27.7 Å². The Balaban J connectivity index is -0.000000107. The Kier molecular flexibility index (Phi) is 19.5. The molecule has 0 spiro atoms. The third kappa shape index (κ3) is 18.5. The van der Waals surface area contributed by atoms with Crippen LogP contribution in [0.4, 0.5) is 0 Å². The van der Waals surface area contributed by atoms with Gasteiger partial charge in [-0.3, -0.25) is 0 Å². The van der Waals surface area contributed by atoms with Gasteiger partial charge < -0.3 is 13.8 Å². The molecule has 0 bridgehead atoms. The van der Waals surface area contributed by atoms with Gasteiger partial charge in [-0.25, -0.2) is 0 Å². The van der Waals surface area contributed by atoms with E-state index in [1.165, 1.54) is 10.6 Å². The van der Waals surface area contributed by atoms with Gasteiger partial charge in [0, 0.05) is 0 Å². The molecule has 11 heavy (non-hydrogen) atoms. The number of halogens is 1.